The van der Waals surface area contributed by atoms with Crippen LogP contribution < -0.4 is 5.73 Å². The Morgan fingerprint density at radius 3 is 2.65 bits per heavy atom. The van der Waals surface area contributed by atoms with Crippen molar-refractivity contribution in [1.29, 1.82) is 0 Å². The molecule has 0 fully saturated rings. The summed E-state index contributed by atoms with van der Waals surface area (Å²) in [5.74, 6) is -0.225. The topological polar surface area (TPSA) is 43.8 Å². The molecule has 20 heavy (non-hydrogen) atoms. The van der Waals surface area contributed by atoms with Crippen molar-refractivity contribution < 1.29 is 4.39 Å². The molecule has 0 radical (unpaired) electrons. The highest BCUT2D eigenvalue weighted by Gasteiger charge is 2.17. The van der Waals surface area contributed by atoms with Crippen molar-refractivity contribution in [1.82, 2.24) is 9.78 Å². The molecule has 4 heteroatoms. The second-order valence-electron chi connectivity index (χ2n) is 5.30. The molecule has 108 valence electrons. The molecule has 2 rings (SSSR count). The highest BCUT2D eigenvalue weighted by molar-refractivity contribution is 5.70. The van der Waals surface area contributed by atoms with Crippen molar-refractivity contribution in [2.24, 2.45) is 5.73 Å². The fourth-order valence-electron chi connectivity index (χ4n) is 2.53. The van der Waals surface area contributed by atoms with Crippen molar-refractivity contribution in [2.75, 3.05) is 0 Å². The van der Waals surface area contributed by atoms with Gasteiger partial charge in [0.05, 0.1) is 5.69 Å². The van der Waals surface area contributed by atoms with E-state index in [0.717, 1.165) is 35.5 Å². The Morgan fingerprint density at radius 1 is 1.35 bits per heavy atom. The van der Waals surface area contributed by atoms with E-state index in [9.17, 15) is 4.39 Å². The monoisotopic (exact) mass is 275 g/mol. The van der Waals surface area contributed by atoms with Gasteiger partial charge in [0.15, 0.2) is 0 Å². The normalized spacial score (nSPS) is 12.7. The van der Waals surface area contributed by atoms with Crippen molar-refractivity contribution in [3.8, 4) is 11.1 Å². The summed E-state index contributed by atoms with van der Waals surface area (Å²) in [6.45, 7) is 8.77. The van der Waals surface area contributed by atoms with Crippen LogP contribution in [0.3, 0.4) is 0 Å². The van der Waals surface area contributed by atoms with Crippen LogP contribution in [-0.4, -0.2) is 9.78 Å². The summed E-state index contributed by atoms with van der Waals surface area (Å²) < 4.78 is 16.1. The standard InChI is InChI=1S/C16H22FN3/c1-5-8-20-12(4)16(11(3)19-20)14-9-13(10(2)18)6-7-15(14)17/h6-7,9-10H,5,8,18H2,1-4H3. The summed E-state index contributed by atoms with van der Waals surface area (Å²) >= 11 is 0. The van der Waals surface area contributed by atoms with Crippen molar-refractivity contribution >= 4 is 0 Å². The van der Waals surface area contributed by atoms with Gasteiger partial charge in [-0.1, -0.05) is 13.0 Å². The summed E-state index contributed by atoms with van der Waals surface area (Å²) in [6, 6.07) is 4.96. The molecule has 3 nitrogen and oxygen atoms in total. The highest BCUT2D eigenvalue weighted by Crippen LogP contribution is 2.31. The predicted octanol–water partition coefficient (Wildman–Crippen LogP) is 3.74. The minimum Gasteiger partial charge on any atom is -0.324 e. The lowest BCUT2D eigenvalue weighted by Crippen LogP contribution is -2.05. The van der Waals surface area contributed by atoms with Gasteiger partial charge in [-0.3, -0.25) is 4.68 Å². The van der Waals surface area contributed by atoms with E-state index >= 15 is 0 Å². The number of halogens is 1. The number of benzene rings is 1. The Balaban J connectivity index is 2.59. The average molecular weight is 275 g/mol. The van der Waals surface area contributed by atoms with Gasteiger partial charge in [0, 0.05) is 29.4 Å². The summed E-state index contributed by atoms with van der Waals surface area (Å²) in [7, 11) is 0. The van der Waals surface area contributed by atoms with Crippen LogP contribution in [0.25, 0.3) is 11.1 Å². The summed E-state index contributed by atoms with van der Waals surface area (Å²) in [6.07, 6.45) is 1.00. The van der Waals surface area contributed by atoms with E-state index in [4.69, 9.17) is 5.73 Å². The molecule has 1 unspecified atom stereocenters. The van der Waals surface area contributed by atoms with E-state index in [2.05, 4.69) is 12.0 Å². The number of aromatic nitrogens is 2. The molecule has 0 amide bonds. The third kappa shape index (κ3) is 2.61. The van der Waals surface area contributed by atoms with Gasteiger partial charge in [-0.25, -0.2) is 4.39 Å². The molecule has 2 N–H and O–H groups in total. The molecule has 0 spiro atoms. The lowest BCUT2D eigenvalue weighted by atomic mass is 9.98. The first-order chi connectivity index (χ1) is 9.45. The fourth-order valence-corrected chi connectivity index (χ4v) is 2.53. The first-order valence-electron chi connectivity index (χ1n) is 7.05. The Kier molecular flexibility index (Phi) is 4.23. The maximum Gasteiger partial charge on any atom is 0.131 e. The number of hydrogen-bond acceptors (Lipinski definition) is 2. The molecular weight excluding hydrogens is 253 g/mol. The molecular formula is C16H22FN3. The van der Waals surface area contributed by atoms with Crippen LogP contribution in [-0.2, 0) is 6.54 Å². The van der Waals surface area contributed by atoms with Crippen molar-refractivity contribution in [2.45, 2.75) is 46.7 Å². The van der Waals surface area contributed by atoms with Crippen LogP contribution in [0.15, 0.2) is 18.2 Å². The number of nitrogens with two attached hydrogens (primary N) is 1. The molecule has 0 saturated carbocycles. The predicted molar refractivity (Wildman–Crippen MR) is 80.0 cm³/mol. The van der Waals surface area contributed by atoms with Crippen LogP contribution in [0.5, 0.6) is 0 Å². The summed E-state index contributed by atoms with van der Waals surface area (Å²) in [4.78, 5) is 0. The van der Waals surface area contributed by atoms with Crippen LogP contribution in [0.2, 0.25) is 0 Å². The van der Waals surface area contributed by atoms with E-state index in [-0.39, 0.29) is 11.9 Å². The number of rotatable bonds is 4. The molecule has 1 atom stereocenters. The molecule has 0 aliphatic rings. The maximum atomic E-state index is 14.2. The quantitative estimate of drug-likeness (QED) is 0.923. The molecule has 0 aliphatic heterocycles. The number of aryl methyl sites for hydroxylation is 2. The number of hydrogen-bond donors (Lipinski definition) is 1. The number of nitrogens with zero attached hydrogens (tertiary/aromatic N) is 2. The molecule has 0 bridgehead atoms. The molecule has 2 aromatic rings. The molecule has 0 saturated heterocycles. The Bertz CT molecular complexity index is 614. The van der Waals surface area contributed by atoms with Gasteiger partial charge >= 0.3 is 0 Å². The van der Waals surface area contributed by atoms with Crippen molar-refractivity contribution in [3.05, 3.63) is 41.0 Å². The fraction of sp³-hybridized carbons (Fsp3) is 0.438. The SMILES string of the molecule is CCCn1nc(C)c(-c2cc(C(C)N)ccc2F)c1C. The maximum absolute atomic E-state index is 14.2. The average Bonchev–Trinajstić information content (AvgIpc) is 2.66. The van der Waals surface area contributed by atoms with Gasteiger partial charge in [-0.05, 0) is 44.9 Å². The van der Waals surface area contributed by atoms with Gasteiger partial charge in [0.1, 0.15) is 5.82 Å². The van der Waals surface area contributed by atoms with Gasteiger partial charge in [-0.15, -0.1) is 0 Å². The smallest absolute Gasteiger partial charge is 0.131 e. The Hall–Kier alpha value is -1.68. The zero-order valence-electron chi connectivity index (χ0n) is 12.6. The zero-order chi connectivity index (χ0) is 14.9. The highest BCUT2D eigenvalue weighted by atomic mass is 19.1. The van der Waals surface area contributed by atoms with Crippen LogP contribution in [0.4, 0.5) is 4.39 Å². The Morgan fingerprint density at radius 2 is 2.05 bits per heavy atom. The third-order valence-electron chi connectivity index (χ3n) is 3.60. The summed E-state index contributed by atoms with van der Waals surface area (Å²) in [5, 5.41) is 4.51. The Labute approximate surface area is 119 Å². The lowest BCUT2D eigenvalue weighted by molar-refractivity contribution is 0.583. The largest absolute Gasteiger partial charge is 0.324 e. The van der Waals surface area contributed by atoms with Gasteiger partial charge < -0.3 is 5.73 Å². The van der Waals surface area contributed by atoms with E-state index in [1.165, 1.54) is 6.07 Å². The molecule has 1 aromatic heterocycles. The van der Waals surface area contributed by atoms with Gasteiger partial charge in [-0.2, -0.15) is 5.10 Å². The van der Waals surface area contributed by atoms with E-state index in [1.807, 2.05) is 31.5 Å². The van der Waals surface area contributed by atoms with Crippen LogP contribution >= 0.6 is 0 Å². The van der Waals surface area contributed by atoms with Crippen LogP contribution in [0.1, 0.15) is 43.3 Å². The van der Waals surface area contributed by atoms with E-state index < -0.39 is 0 Å². The van der Waals surface area contributed by atoms with Crippen molar-refractivity contribution in [3.63, 3.8) is 0 Å². The summed E-state index contributed by atoms with van der Waals surface area (Å²) in [5.41, 5.74) is 10.2. The first kappa shape index (κ1) is 14.7. The third-order valence-corrected chi connectivity index (χ3v) is 3.60. The van der Waals surface area contributed by atoms with Gasteiger partial charge in [0.2, 0.25) is 0 Å². The first-order valence-corrected chi connectivity index (χ1v) is 7.05. The van der Waals surface area contributed by atoms with Crippen LogP contribution in [0, 0.1) is 19.7 Å². The second-order valence-corrected chi connectivity index (χ2v) is 5.30. The lowest BCUT2D eigenvalue weighted by Gasteiger charge is -2.10. The van der Waals surface area contributed by atoms with E-state index in [0.29, 0.717) is 5.56 Å². The minimum atomic E-state index is -0.225. The van der Waals surface area contributed by atoms with E-state index in [1.54, 1.807) is 6.07 Å². The zero-order valence-corrected chi connectivity index (χ0v) is 12.6. The van der Waals surface area contributed by atoms with Gasteiger partial charge in [0.25, 0.3) is 0 Å². The molecule has 1 heterocycles. The molecule has 0 aliphatic carbocycles. The minimum absolute atomic E-state index is 0.111. The molecule has 1 aromatic carbocycles. The second kappa shape index (κ2) is 5.75.